The van der Waals surface area contributed by atoms with Crippen molar-refractivity contribution in [2.45, 2.75) is 45.0 Å². The van der Waals surface area contributed by atoms with Gasteiger partial charge in [-0.05, 0) is 57.9 Å². The zero-order valence-electron chi connectivity index (χ0n) is 12.2. The van der Waals surface area contributed by atoms with E-state index in [4.69, 9.17) is 4.74 Å². The van der Waals surface area contributed by atoms with Crippen LogP contribution in [0.15, 0.2) is 18.2 Å². The van der Waals surface area contributed by atoms with Crippen molar-refractivity contribution in [2.75, 3.05) is 6.54 Å². The Bertz CT molecular complexity index is 452. The second-order valence-electron chi connectivity index (χ2n) is 5.36. The number of nitrogens with one attached hydrogen (secondary N) is 1. The van der Waals surface area contributed by atoms with Gasteiger partial charge in [0, 0.05) is 0 Å². The Morgan fingerprint density at radius 3 is 2.53 bits per heavy atom. The third-order valence-corrected chi connectivity index (χ3v) is 3.27. The molecule has 1 N–H and O–H groups in total. The molecular formula is C15H22BrNO2. The number of rotatable bonds is 5. The maximum atomic E-state index is 11.7. The van der Waals surface area contributed by atoms with E-state index in [1.54, 1.807) is 0 Å². The minimum Gasteiger partial charge on any atom is -0.489 e. The van der Waals surface area contributed by atoms with Crippen LogP contribution in [-0.2, 0) is 4.79 Å². The lowest BCUT2D eigenvalue weighted by atomic mass is 10.1. The normalized spacial score (nSPS) is 12.9. The maximum absolute atomic E-state index is 11.7. The van der Waals surface area contributed by atoms with Gasteiger partial charge >= 0.3 is 0 Å². The topological polar surface area (TPSA) is 38.3 Å². The minimum atomic E-state index is -0.548. The van der Waals surface area contributed by atoms with Crippen molar-refractivity contribution in [3.63, 3.8) is 0 Å². The average Bonchev–Trinajstić information content (AvgIpc) is 2.29. The molecule has 0 bridgehead atoms. The number of benzene rings is 1. The molecule has 0 aliphatic heterocycles. The zero-order valence-corrected chi connectivity index (χ0v) is 13.8. The van der Waals surface area contributed by atoms with Crippen molar-refractivity contribution >= 4 is 21.8 Å². The molecule has 0 heterocycles. The number of carbonyl (C=O) groups is 1. The second-order valence-corrected chi connectivity index (χ2v) is 7.34. The first-order valence-electron chi connectivity index (χ1n) is 6.41. The Morgan fingerprint density at radius 2 is 2.00 bits per heavy atom. The smallest absolute Gasteiger partial charge is 0.236 e. The van der Waals surface area contributed by atoms with Crippen LogP contribution in [0.4, 0.5) is 0 Å². The van der Waals surface area contributed by atoms with E-state index in [-0.39, 0.29) is 12.0 Å². The summed E-state index contributed by atoms with van der Waals surface area (Å²) in [5, 5.41) is 2.86. The van der Waals surface area contributed by atoms with Gasteiger partial charge in [-0.1, -0.05) is 22.0 Å². The summed E-state index contributed by atoms with van der Waals surface area (Å²) in [7, 11) is 0. The molecule has 106 valence electrons. The molecule has 3 nitrogen and oxygen atoms in total. The van der Waals surface area contributed by atoms with Crippen molar-refractivity contribution in [3.8, 4) is 5.75 Å². The van der Waals surface area contributed by atoms with Crippen LogP contribution < -0.4 is 10.1 Å². The van der Waals surface area contributed by atoms with Crippen molar-refractivity contribution in [1.82, 2.24) is 5.32 Å². The van der Waals surface area contributed by atoms with Gasteiger partial charge in [0.2, 0.25) is 5.91 Å². The molecule has 19 heavy (non-hydrogen) atoms. The fourth-order valence-corrected chi connectivity index (χ4v) is 1.65. The SMILES string of the molecule is Cc1ccc(OC(C)CNC(=O)C(C)(C)Br)cc1C. The maximum Gasteiger partial charge on any atom is 0.236 e. The molecule has 1 rings (SSSR count). The Balaban J connectivity index is 2.49. The lowest BCUT2D eigenvalue weighted by molar-refractivity contribution is -0.122. The van der Waals surface area contributed by atoms with Crippen molar-refractivity contribution in [3.05, 3.63) is 29.3 Å². The summed E-state index contributed by atoms with van der Waals surface area (Å²) in [4.78, 5) is 11.7. The number of amides is 1. The molecule has 0 saturated heterocycles. The molecule has 0 aliphatic rings. The van der Waals surface area contributed by atoms with Crippen LogP contribution in [0.3, 0.4) is 0 Å². The van der Waals surface area contributed by atoms with Gasteiger partial charge in [0.25, 0.3) is 0 Å². The molecule has 0 aliphatic carbocycles. The van der Waals surface area contributed by atoms with Crippen molar-refractivity contribution in [2.24, 2.45) is 0 Å². The Morgan fingerprint density at radius 1 is 1.37 bits per heavy atom. The molecule has 1 aromatic carbocycles. The van der Waals surface area contributed by atoms with E-state index >= 15 is 0 Å². The van der Waals surface area contributed by atoms with Crippen LogP contribution >= 0.6 is 15.9 Å². The van der Waals surface area contributed by atoms with Gasteiger partial charge < -0.3 is 10.1 Å². The zero-order chi connectivity index (χ0) is 14.6. The van der Waals surface area contributed by atoms with Gasteiger partial charge in [-0.2, -0.15) is 0 Å². The quantitative estimate of drug-likeness (QED) is 0.842. The summed E-state index contributed by atoms with van der Waals surface area (Å²) in [6.07, 6.45) is -0.0686. The molecular weight excluding hydrogens is 306 g/mol. The summed E-state index contributed by atoms with van der Waals surface area (Å²) >= 11 is 3.33. The highest BCUT2D eigenvalue weighted by molar-refractivity contribution is 9.10. The first-order chi connectivity index (χ1) is 8.70. The predicted octanol–water partition coefficient (Wildman–Crippen LogP) is 3.36. The molecule has 0 spiro atoms. The van der Waals surface area contributed by atoms with E-state index in [0.717, 1.165) is 5.75 Å². The van der Waals surface area contributed by atoms with Crippen molar-refractivity contribution in [1.29, 1.82) is 0 Å². The summed E-state index contributed by atoms with van der Waals surface area (Å²) in [6.45, 7) is 10.2. The number of halogens is 1. The predicted molar refractivity (Wildman–Crippen MR) is 82.0 cm³/mol. The molecule has 0 radical (unpaired) electrons. The summed E-state index contributed by atoms with van der Waals surface area (Å²) in [5.74, 6) is 0.797. The first-order valence-corrected chi connectivity index (χ1v) is 7.20. The molecule has 0 aromatic heterocycles. The van der Waals surface area contributed by atoms with Gasteiger partial charge in [0.15, 0.2) is 0 Å². The van der Waals surface area contributed by atoms with Crippen LogP contribution in [0.1, 0.15) is 31.9 Å². The first kappa shape index (κ1) is 16.0. The van der Waals surface area contributed by atoms with Crippen molar-refractivity contribution < 1.29 is 9.53 Å². The van der Waals surface area contributed by atoms with Crippen LogP contribution in [0.5, 0.6) is 5.75 Å². The number of ether oxygens (including phenoxy) is 1. The molecule has 4 heteroatoms. The lowest BCUT2D eigenvalue weighted by Crippen LogP contribution is -2.41. The highest BCUT2D eigenvalue weighted by Crippen LogP contribution is 2.18. The van der Waals surface area contributed by atoms with E-state index in [1.807, 2.05) is 39.0 Å². The summed E-state index contributed by atoms with van der Waals surface area (Å²) in [6, 6.07) is 6.01. The summed E-state index contributed by atoms with van der Waals surface area (Å²) < 4.78 is 5.23. The van der Waals surface area contributed by atoms with Gasteiger partial charge in [0.05, 0.1) is 10.9 Å². The molecule has 0 fully saturated rings. The number of carbonyl (C=O) groups excluding carboxylic acids is 1. The van der Waals surface area contributed by atoms with Gasteiger partial charge in [-0.15, -0.1) is 0 Å². The van der Waals surface area contributed by atoms with E-state index in [2.05, 4.69) is 35.1 Å². The monoisotopic (exact) mass is 327 g/mol. The van der Waals surface area contributed by atoms with Gasteiger partial charge in [0.1, 0.15) is 11.9 Å². The fraction of sp³-hybridized carbons (Fsp3) is 0.533. The minimum absolute atomic E-state index is 0.0389. The molecule has 1 unspecified atom stereocenters. The fourth-order valence-electron chi connectivity index (χ4n) is 1.51. The molecule has 1 atom stereocenters. The molecule has 1 aromatic rings. The lowest BCUT2D eigenvalue weighted by Gasteiger charge is -2.20. The third-order valence-electron chi connectivity index (χ3n) is 2.91. The van der Waals surface area contributed by atoms with E-state index in [1.165, 1.54) is 11.1 Å². The van der Waals surface area contributed by atoms with E-state index < -0.39 is 4.32 Å². The highest BCUT2D eigenvalue weighted by Gasteiger charge is 2.23. The Labute approximate surface area is 123 Å². The summed E-state index contributed by atoms with van der Waals surface area (Å²) in [5.41, 5.74) is 2.45. The van der Waals surface area contributed by atoms with Gasteiger partial charge in [-0.25, -0.2) is 0 Å². The highest BCUT2D eigenvalue weighted by atomic mass is 79.9. The van der Waals surface area contributed by atoms with Crippen LogP contribution in [0, 0.1) is 13.8 Å². The Hall–Kier alpha value is -1.03. The van der Waals surface area contributed by atoms with E-state index in [9.17, 15) is 4.79 Å². The van der Waals surface area contributed by atoms with Crippen LogP contribution in [0.25, 0.3) is 0 Å². The van der Waals surface area contributed by atoms with Crippen LogP contribution in [0.2, 0.25) is 0 Å². The number of hydrogen-bond donors (Lipinski definition) is 1. The number of alkyl halides is 1. The van der Waals surface area contributed by atoms with Gasteiger partial charge in [-0.3, -0.25) is 4.79 Å². The number of hydrogen-bond acceptors (Lipinski definition) is 2. The standard InChI is InChI=1S/C15H22BrNO2/c1-10-6-7-13(8-11(10)2)19-12(3)9-17-14(18)15(4,5)16/h6-8,12H,9H2,1-5H3,(H,17,18). The average molecular weight is 328 g/mol. The third kappa shape index (κ3) is 5.23. The molecule has 0 saturated carbocycles. The largest absolute Gasteiger partial charge is 0.489 e. The number of aryl methyl sites for hydroxylation is 2. The molecule has 1 amide bonds. The second kappa shape index (κ2) is 6.42. The van der Waals surface area contributed by atoms with Crippen LogP contribution in [-0.4, -0.2) is 22.9 Å². The Kier molecular flexibility index (Phi) is 5.41. The van der Waals surface area contributed by atoms with E-state index in [0.29, 0.717) is 6.54 Å².